The van der Waals surface area contributed by atoms with Crippen LogP contribution in [0.25, 0.3) is 10.9 Å². The van der Waals surface area contributed by atoms with Gasteiger partial charge in [0.25, 0.3) is 5.91 Å². The van der Waals surface area contributed by atoms with Crippen molar-refractivity contribution in [1.82, 2.24) is 14.2 Å². The summed E-state index contributed by atoms with van der Waals surface area (Å²) in [4.78, 5) is 30.0. The van der Waals surface area contributed by atoms with E-state index in [1.165, 1.54) is 12.0 Å². The molecule has 3 aromatic rings. The van der Waals surface area contributed by atoms with Gasteiger partial charge >= 0.3 is 0 Å². The van der Waals surface area contributed by atoms with E-state index >= 15 is 0 Å². The van der Waals surface area contributed by atoms with Gasteiger partial charge in [-0.05, 0) is 24.3 Å². The number of amides is 2. The Bertz CT molecular complexity index is 1400. The van der Waals surface area contributed by atoms with E-state index in [0.29, 0.717) is 10.9 Å². The molecule has 1 aliphatic heterocycles. The Hall–Kier alpha value is -3.64. The first-order chi connectivity index (χ1) is 16.6. The number of para-hydroxylation sites is 1. The second-order valence-electron chi connectivity index (χ2n) is 7.86. The number of benzene rings is 2. The Morgan fingerprint density at radius 3 is 2.26 bits per heavy atom. The monoisotopic (exact) mass is 504 g/mol. The van der Waals surface area contributed by atoms with E-state index in [4.69, 9.17) is 10.5 Å². The summed E-state index contributed by atoms with van der Waals surface area (Å²) in [5, 5.41) is 0.569. The minimum atomic E-state index is -4.43. The van der Waals surface area contributed by atoms with Crippen molar-refractivity contribution >= 4 is 32.7 Å². The third-order valence-corrected chi connectivity index (χ3v) is 7.75. The van der Waals surface area contributed by atoms with Crippen LogP contribution in [-0.4, -0.2) is 67.7 Å². The summed E-state index contributed by atoms with van der Waals surface area (Å²) in [7, 11) is -3.04. The largest absolute Gasteiger partial charge is 0.495 e. The van der Waals surface area contributed by atoms with Crippen molar-refractivity contribution < 1.29 is 31.5 Å². The van der Waals surface area contributed by atoms with E-state index in [0.717, 1.165) is 22.5 Å². The number of pyridine rings is 1. The summed E-state index contributed by atoms with van der Waals surface area (Å²) in [5.74, 6) is -3.36. The van der Waals surface area contributed by atoms with Crippen molar-refractivity contribution in [3.05, 3.63) is 65.4 Å². The van der Waals surface area contributed by atoms with Crippen molar-refractivity contribution in [3.8, 4) is 5.75 Å². The zero-order valence-corrected chi connectivity index (χ0v) is 19.5. The van der Waals surface area contributed by atoms with Crippen molar-refractivity contribution in [2.75, 3.05) is 33.3 Å². The third-order valence-electron chi connectivity index (χ3n) is 5.80. The van der Waals surface area contributed by atoms with Gasteiger partial charge in [0.05, 0.1) is 24.7 Å². The molecule has 0 aliphatic carbocycles. The van der Waals surface area contributed by atoms with E-state index in [9.17, 15) is 26.8 Å². The van der Waals surface area contributed by atoms with Gasteiger partial charge in [-0.2, -0.15) is 4.31 Å². The number of sulfonamides is 1. The molecule has 0 bridgehead atoms. The first-order valence-corrected chi connectivity index (χ1v) is 12.1. The fourth-order valence-electron chi connectivity index (χ4n) is 4.12. The average molecular weight is 505 g/mol. The number of rotatable bonds is 6. The molecular formula is C23H22F2N4O5S. The summed E-state index contributed by atoms with van der Waals surface area (Å²) in [6.45, 7) is -0.326. The summed E-state index contributed by atoms with van der Waals surface area (Å²) >= 11 is 0. The summed E-state index contributed by atoms with van der Waals surface area (Å²) in [6, 6.07) is 9.76. The number of nitrogens with two attached hydrogens (primary N) is 1. The molecule has 1 aliphatic rings. The van der Waals surface area contributed by atoms with E-state index in [-0.39, 0.29) is 49.6 Å². The fraction of sp³-hybridized carbons (Fsp3) is 0.261. The minimum absolute atomic E-state index is 0.00390. The minimum Gasteiger partial charge on any atom is -0.495 e. The van der Waals surface area contributed by atoms with Gasteiger partial charge < -0.3 is 15.4 Å². The number of aromatic nitrogens is 1. The van der Waals surface area contributed by atoms with E-state index in [1.807, 2.05) is 0 Å². The lowest BCUT2D eigenvalue weighted by Crippen LogP contribution is -2.51. The molecule has 4 rings (SSSR count). The lowest BCUT2D eigenvalue weighted by molar-refractivity contribution is -0.131. The molecule has 2 N–H and O–H groups in total. The van der Waals surface area contributed by atoms with Crippen LogP contribution in [0.5, 0.6) is 5.75 Å². The molecule has 1 fully saturated rings. The smallest absolute Gasteiger partial charge is 0.254 e. The number of halogens is 2. The Balaban J connectivity index is 1.54. The third kappa shape index (κ3) is 4.54. The van der Waals surface area contributed by atoms with Gasteiger partial charge in [0.15, 0.2) is 4.90 Å². The number of carbonyl (C=O) groups excluding carboxylic acids is 2. The quantitative estimate of drug-likeness (QED) is 0.545. The van der Waals surface area contributed by atoms with Gasteiger partial charge in [-0.25, -0.2) is 17.2 Å². The molecule has 0 atom stereocenters. The van der Waals surface area contributed by atoms with E-state index in [1.54, 1.807) is 24.3 Å². The molecule has 0 unspecified atom stereocenters. The fourth-order valence-corrected chi connectivity index (χ4v) is 5.65. The van der Waals surface area contributed by atoms with Crippen LogP contribution < -0.4 is 10.5 Å². The number of hydrogen-bond acceptors (Lipinski definition) is 6. The highest BCUT2D eigenvalue weighted by Crippen LogP contribution is 2.31. The molecule has 0 spiro atoms. The molecule has 2 heterocycles. The molecule has 9 nitrogen and oxygen atoms in total. The molecule has 0 radical (unpaired) electrons. The molecule has 12 heteroatoms. The Morgan fingerprint density at radius 1 is 1.03 bits per heavy atom. The van der Waals surface area contributed by atoms with Crippen molar-refractivity contribution in [2.45, 2.75) is 11.3 Å². The lowest BCUT2D eigenvalue weighted by Gasteiger charge is -2.34. The van der Waals surface area contributed by atoms with E-state index in [2.05, 4.69) is 4.98 Å². The van der Waals surface area contributed by atoms with Gasteiger partial charge in [-0.15, -0.1) is 0 Å². The molecule has 1 saturated heterocycles. The van der Waals surface area contributed by atoms with Crippen molar-refractivity contribution in [1.29, 1.82) is 0 Å². The Kier molecular flexibility index (Phi) is 6.68. The maximum absolute atomic E-state index is 14.1. The molecule has 0 saturated carbocycles. The molecular weight excluding hydrogens is 482 g/mol. The number of nitrogens with zero attached hydrogens (tertiary/aromatic N) is 3. The number of fused-ring (bicyclic) bond motifs is 1. The number of carbonyl (C=O) groups is 2. The number of hydrogen-bond donors (Lipinski definition) is 1. The zero-order chi connectivity index (χ0) is 25.3. The maximum atomic E-state index is 14.1. The number of piperazine rings is 1. The Morgan fingerprint density at radius 2 is 1.66 bits per heavy atom. The highest BCUT2D eigenvalue weighted by atomic mass is 32.2. The van der Waals surface area contributed by atoms with Crippen LogP contribution in [0.3, 0.4) is 0 Å². The van der Waals surface area contributed by atoms with Gasteiger partial charge in [-0.3, -0.25) is 14.6 Å². The van der Waals surface area contributed by atoms with Crippen LogP contribution >= 0.6 is 0 Å². The normalized spacial score (nSPS) is 14.8. The second-order valence-corrected chi connectivity index (χ2v) is 9.74. The predicted molar refractivity (Wildman–Crippen MR) is 122 cm³/mol. The van der Waals surface area contributed by atoms with Crippen LogP contribution in [0.1, 0.15) is 16.1 Å². The number of methoxy groups -OCH3 is 1. The number of ether oxygens (including phenoxy) is 1. The molecule has 184 valence electrons. The van der Waals surface area contributed by atoms with Gasteiger partial charge in [-0.1, -0.05) is 18.2 Å². The zero-order valence-electron chi connectivity index (χ0n) is 18.7. The lowest BCUT2D eigenvalue weighted by atomic mass is 10.0. The van der Waals surface area contributed by atoms with Crippen LogP contribution in [0, 0.1) is 11.6 Å². The SMILES string of the molecule is COc1c(C(N)=O)c(CC(=O)N2CCN(S(=O)(=O)c3c(F)cccc3F)CC2)nc2ccccc12. The first-order valence-electron chi connectivity index (χ1n) is 10.6. The van der Waals surface area contributed by atoms with Crippen LogP contribution in [-0.2, 0) is 21.2 Å². The average Bonchev–Trinajstić information content (AvgIpc) is 2.82. The van der Waals surface area contributed by atoms with Crippen LogP contribution in [0.15, 0.2) is 47.4 Å². The molecule has 1 aromatic heterocycles. The van der Waals surface area contributed by atoms with Gasteiger partial charge in [0.2, 0.25) is 15.9 Å². The Labute approximate surface area is 200 Å². The maximum Gasteiger partial charge on any atom is 0.254 e. The topological polar surface area (TPSA) is 123 Å². The molecule has 2 amide bonds. The van der Waals surface area contributed by atoms with Gasteiger partial charge in [0.1, 0.15) is 22.9 Å². The highest BCUT2D eigenvalue weighted by molar-refractivity contribution is 7.89. The second kappa shape index (κ2) is 9.55. The summed E-state index contributed by atoms with van der Waals surface area (Å²) < 4.78 is 60.0. The first kappa shape index (κ1) is 24.5. The van der Waals surface area contributed by atoms with Crippen molar-refractivity contribution in [3.63, 3.8) is 0 Å². The highest BCUT2D eigenvalue weighted by Gasteiger charge is 2.34. The molecule has 35 heavy (non-hydrogen) atoms. The van der Waals surface area contributed by atoms with Gasteiger partial charge in [0, 0.05) is 31.6 Å². The summed E-state index contributed by atoms with van der Waals surface area (Å²) in [6.07, 6.45) is -0.270. The van der Waals surface area contributed by atoms with Crippen LogP contribution in [0.2, 0.25) is 0 Å². The van der Waals surface area contributed by atoms with E-state index < -0.39 is 38.4 Å². The van der Waals surface area contributed by atoms with Crippen molar-refractivity contribution in [2.24, 2.45) is 5.73 Å². The number of primary amides is 1. The molecule has 2 aromatic carbocycles. The summed E-state index contributed by atoms with van der Waals surface area (Å²) in [5.41, 5.74) is 6.21. The predicted octanol–water partition coefficient (Wildman–Crippen LogP) is 1.70. The standard InChI is InChI=1S/C23H22F2N4O5S/c1-34-21-14-5-2-3-8-17(14)27-18(20(21)23(26)31)13-19(30)28-9-11-29(12-10-28)35(32,33)22-15(24)6-4-7-16(22)25/h2-8H,9-13H2,1H3,(H2,26,31). The van der Waals surface area contributed by atoms with Crippen LogP contribution in [0.4, 0.5) is 8.78 Å².